The number of methoxy groups -OCH3 is 1. The van der Waals surface area contributed by atoms with Gasteiger partial charge in [-0.3, -0.25) is 4.98 Å². The molecule has 0 bridgehead atoms. The molecule has 1 atom stereocenters. The maximum Gasteiger partial charge on any atom is 0.171 e. The Balaban J connectivity index is 1.78. The number of ether oxygens (including phenoxy) is 2. The fraction of sp³-hybridized carbons (Fsp3) is 0.280. The van der Waals surface area contributed by atoms with E-state index in [1.807, 2.05) is 24.3 Å². The van der Waals surface area contributed by atoms with Crippen molar-refractivity contribution < 1.29 is 9.47 Å². The van der Waals surface area contributed by atoms with Gasteiger partial charge >= 0.3 is 0 Å². The van der Waals surface area contributed by atoms with Crippen molar-refractivity contribution in [2.75, 3.05) is 7.11 Å². The van der Waals surface area contributed by atoms with E-state index >= 15 is 0 Å². The maximum atomic E-state index is 6.43. The Kier molecular flexibility index (Phi) is 5.44. The van der Waals surface area contributed by atoms with Gasteiger partial charge in [-0.25, -0.2) is 4.98 Å². The van der Waals surface area contributed by atoms with Gasteiger partial charge in [0.2, 0.25) is 0 Å². The third kappa shape index (κ3) is 3.75. The van der Waals surface area contributed by atoms with Gasteiger partial charge in [-0.05, 0) is 61.1 Å². The van der Waals surface area contributed by atoms with Crippen molar-refractivity contribution in [2.45, 2.75) is 40.0 Å². The molecule has 0 aliphatic heterocycles. The zero-order valence-corrected chi connectivity index (χ0v) is 18.1. The van der Waals surface area contributed by atoms with Crippen LogP contribution in [0.1, 0.15) is 42.9 Å². The predicted octanol–water partition coefficient (Wildman–Crippen LogP) is 6.56. The molecule has 0 aliphatic carbocycles. The average molecular weight is 402 g/mol. The predicted molar refractivity (Wildman–Crippen MR) is 121 cm³/mol. The Bertz CT molecular complexity index is 1180. The number of benzene rings is 2. The molecule has 5 heteroatoms. The van der Waals surface area contributed by atoms with Crippen LogP contribution in [0, 0.1) is 13.8 Å². The van der Waals surface area contributed by atoms with E-state index in [4.69, 9.17) is 14.5 Å². The largest absolute Gasteiger partial charge is 0.493 e. The van der Waals surface area contributed by atoms with Gasteiger partial charge in [0.25, 0.3) is 0 Å². The van der Waals surface area contributed by atoms with Gasteiger partial charge in [0.05, 0.1) is 18.1 Å². The monoisotopic (exact) mass is 401 g/mol. The maximum absolute atomic E-state index is 6.43. The molecule has 1 unspecified atom stereocenters. The lowest BCUT2D eigenvalue weighted by Crippen LogP contribution is -2.00. The SMILES string of the molecule is CCC(C)c1cc(C)c(C)cc1Oc1cc2[nH]c(-c3ccncc3)nc2cc1OC. The number of aromatic amines is 1. The second-order valence-corrected chi connectivity index (χ2v) is 7.73. The van der Waals surface area contributed by atoms with Crippen molar-refractivity contribution in [3.05, 3.63) is 65.5 Å². The summed E-state index contributed by atoms with van der Waals surface area (Å²) in [4.78, 5) is 12.2. The van der Waals surface area contributed by atoms with Crippen LogP contribution in [0.4, 0.5) is 0 Å². The normalized spacial score (nSPS) is 12.2. The van der Waals surface area contributed by atoms with E-state index in [1.165, 1.54) is 16.7 Å². The van der Waals surface area contributed by atoms with Crippen LogP contribution in [0.15, 0.2) is 48.8 Å². The Labute approximate surface area is 177 Å². The third-order valence-electron chi connectivity index (χ3n) is 5.71. The Hall–Kier alpha value is -3.34. The number of H-pyrrole nitrogens is 1. The van der Waals surface area contributed by atoms with E-state index in [0.717, 1.165) is 34.6 Å². The number of nitrogens with one attached hydrogen (secondary N) is 1. The van der Waals surface area contributed by atoms with Crippen LogP contribution in [0.2, 0.25) is 0 Å². The molecule has 30 heavy (non-hydrogen) atoms. The molecule has 2 aromatic carbocycles. The molecule has 0 amide bonds. The van der Waals surface area contributed by atoms with Crippen molar-refractivity contribution in [1.29, 1.82) is 0 Å². The minimum absolute atomic E-state index is 0.402. The Morgan fingerprint density at radius 2 is 1.70 bits per heavy atom. The number of aromatic nitrogens is 3. The molecule has 0 spiro atoms. The summed E-state index contributed by atoms with van der Waals surface area (Å²) in [5, 5.41) is 0. The molecule has 0 saturated heterocycles. The number of pyridine rings is 1. The first-order chi connectivity index (χ1) is 14.5. The van der Waals surface area contributed by atoms with Gasteiger partial charge in [0.15, 0.2) is 11.5 Å². The molecule has 4 aromatic rings. The minimum Gasteiger partial charge on any atom is -0.493 e. The summed E-state index contributed by atoms with van der Waals surface area (Å²) in [5.74, 6) is 3.39. The van der Waals surface area contributed by atoms with Crippen molar-refractivity contribution in [3.63, 3.8) is 0 Å². The zero-order chi connectivity index (χ0) is 21.3. The molecular weight excluding hydrogens is 374 g/mol. The molecule has 2 heterocycles. The van der Waals surface area contributed by atoms with Gasteiger partial charge in [-0.15, -0.1) is 0 Å². The summed E-state index contributed by atoms with van der Waals surface area (Å²) in [6.07, 6.45) is 4.56. The topological polar surface area (TPSA) is 60.0 Å². The van der Waals surface area contributed by atoms with Gasteiger partial charge in [0, 0.05) is 30.1 Å². The summed E-state index contributed by atoms with van der Waals surface area (Å²) >= 11 is 0. The van der Waals surface area contributed by atoms with E-state index in [-0.39, 0.29) is 0 Å². The molecule has 154 valence electrons. The highest BCUT2D eigenvalue weighted by atomic mass is 16.5. The van der Waals surface area contributed by atoms with Crippen molar-refractivity contribution >= 4 is 11.0 Å². The average Bonchev–Trinajstić information content (AvgIpc) is 3.18. The molecule has 0 fully saturated rings. The summed E-state index contributed by atoms with van der Waals surface area (Å²) in [6, 6.07) is 12.1. The van der Waals surface area contributed by atoms with Gasteiger partial charge in [0.1, 0.15) is 11.6 Å². The number of aryl methyl sites for hydroxylation is 2. The van der Waals surface area contributed by atoms with Gasteiger partial charge in [-0.1, -0.05) is 19.9 Å². The molecule has 4 rings (SSSR count). The van der Waals surface area contributed by atoms with Gasteiger partial charge < -0.3 is 14.5 Å². The second-order valence-electron chi connectivity index (χ2n) is 7.73. The summed E-state index contributed by atoms with van der Waals surface area (Å²) in [6.45, 7) is 8.68. The lowest BCUT2D eigenvalue weighted by Gasteiger charge is -2.19. The van der Waals surface area contributed by atoms with Crippen LogP contribution in [-0.2, 0) is 0 Å². The Morgan fingerprint density at radius 3 is 2.40 bits per heavy atom. The van der Waals surface area contributed by atoms with Gasteiger partial charge in [-0.2, -0.15) is 0 Å². The molecular formula is C25H27N3O2. The van der Waals surface area contributed by atoms with Crippen LogP contribution in [0.25, 0.3) is 22.4 Å². The number of fused-ring (bicyclic) bond motifs is 1. The summed E-state index contributed by atoms with van der Waals surface area (Å²) in [5.41, 5.74) is 6.40. The van der Waals surface area contributed by atoms with Crippen molar-refractivity contribution in [1.82, 2.24) is 15.0 Å². The summed E-state index contributed by atoms with van der Waals surface area (Å²) < 4.78 is 12.1. The highest BCUT2D eigenvalue weighted by molar-refractivity contribution is 5.83. The summed E-state index contributed by atoms with van der Waals surface area (Å²) in [7, 11) is 1.65. The van der Waals surface area contributed by atoms with Crippen LogP contribution in [-0.4, -0.2) is 22.1 Å². The smallest absolute Gasteiger partial charge is 0.171 e. The number of rotatable bonds is 6. The van der Waals surface area contributed by atoms with E-state index in [1.54, 1.807) is 19.5 Å². The first-order valence-electron chi connectivity index (χ1n) is 10.3. The first-order valence-corrected chi connectivity index (χ1v) is 10.3. The number of imidazole rings is 1. The fourth-order valence-electron chi connectivity index (χ4n) is 3.53. The second kappa shape index (κ2) is 8.19. The first kappa shape index (κ1) is 20.0. The third-order valence-corrected chi connectivity index (χ3v) is 5.71. The van der Waals surface area contributed by atoms with Crippen LogP contribution in [0.5, 0.6) is 17.2 Å². The molecule has 0 aliphatic rings. The van der Waals surface area contributed by atoms with E-state index < -0.39 is 0 Å². The highest BCUT2D eigenvalue weighted by Gasteiger charge is 2.17. The van der Waals surface area contributed by atoms with E-state index in [9.17, 15) is 0 Å². The van der Waals surface area contributed by atoms with E-state index in [0.29, 0.717) is 17.4 Å². The van der Waals surface area contributed by atoms with Crippen LogP contribution < -0.4 is 9.47 Å². The Morgan fingerprint density at radius 1 is 0.967 bits per heavy atom. The lowest BCUT2D eigenvalue weighted by molar-refractivity contribution is 0.377. The van der Waals surface area contributed by atoms with Crippen molar-refractivity contribution in [2.24, 2.45) is 0 Å². The molecule has 2 aromatic heterocycles. The molecule has 0 radical (unpaired) electrons. The van der Waals surface area contributed by atoms with Crippen molar-refractivity contribution in [3.8, 4) is 28.6 Å². The fourth-order valence-corrected chi connectivity index (χ4v) is 3.53. The lowest BCUT2D eigenvalue weighted by atomic mass is 9.94. The highest BCUT2D eigenvalue weighted by Crippen LogP contribution is 2.39. The minimum atomic E-state index is 0.402. The molecule has 5 nitrogen and oxygen atoms in total. The molecule has 0 saturated carbocycles. The van der Waals surface area contributed by atoms with Crippen LogP contribution in [0.3, 0.4) is 0 Å². The number of hydrogen-bond donors (Lipinski definition) is 1. The zero-order valence-electron chi connectivity index (χ0n) is 18.1. The standard InChI is InChI=1S/C25H27N3O2/c1-6-15(2)19-11-16(3)17(4)12-22(19)30-24-14-21-20(13-23(24)29-5)27-25(28-21)18-7-9-26-10-8-18/h7-15H,6H2,1-5H3,(H,27,28). The van der Waals surface area contributed by atoms with E-state index in [2.05, 4.69) is 49.8 Å². The molecule has 1 N–H and O–H groups in total. The quantitative estimate of drug-likeness (QED) is 0.398. The number of hydrogen-bond acceptors (Lipinski definition) is 4. The van der Waals surface area contributed by atoms with Crippen LogP contribution >= 0.6 is 0 Å². The number of nitrogens with zero attached hydrogens (tertiary/aromatic N) is 2.